The average molecular weight is 359 g/mol. The molecule has 0 atom stereocenters. The van der Waals surface area contributed by atoms with Crippen LogP contribution in [0.15, 0.2) is 40.9 Å². The third-order valence-electron chi connectivity index (χ3n) is 2.69. The van der Waals surface area contributed by atoms with Crippen LogP contribution >= 0.6 is 39.1 Å². The van der Waals surface area contributed by atoms with Gasteiger partial charge in [0.05, 0.1) is 5.69 Å². The van der Waals surface area contributed by atoms with Crippen LogP contribution in [0.3, 0.4) is 0 Å². The standard InChI is InChI=1S/C14H10BrCl2NO/c1-8-10(3-2-4-12(8)17)14(19)18-13-7-9(16)5-6-11(13)15/h2-7H,1H3,(H,18,19). The topological polar surface area (TPSA) is 29.1 Å². The minimum absolute atomic E-state index is 0.219. The number of carbonyl (C=O) groups is 1. The van der Waals surface area contributed by atoms with Crippen LogP contribution in [0.5, 0.6) is 0 Å². The Morgan fingerprint density at radius 3 is 2.68 bits per heavy atom. The van der Waals surface area contributed by atoms with E-state index in [1.807, 2.05) is 6.92 Å². The van der Waals surface area contributed by atoms with E-state index in [2.05, 4.69) is 21.2 Å². The number of amides is 1. The van der Waals surface area contributed by atoms with Gasteiger partial charge < -0.3 is 5.32 Å². The fourth-order valence-corrected chi connectivity index (χ4v) is 2.33. The van der Waals surface area contributed by atoms with Crippen LogP contribution in [0.4, 0.5) is 5.69 Å². The summed E-state index contributed by atoms with van der Waals surface area (Å²) in [6, 6.07) is 10.4. The zero-order valence-electron chi connectivity index (χ0n) is 10.0. The number of carbonyl (C=O) groups excluding carboxylic acids is 1. The molecule has 5 heteroatoms. The number of rotatable bonds is 2. The number of halogens is 3. The number of nitrogens with one attached hydrogen (secondary N) is 1. The van der Waals surface area contributed by atoms with Gasteiger partial charge in [0.15, 0.2) is 0 Å². The van der Waals surface area contributed by atoms with Gasteiger partial charge in [-0.05, 0) is 58.7 Å². The minimum Gasteiger partial charge on any atom is -0.321 e. The molecule has 0 saturated heterocycles. The maximum Gasteiger partial charge on any atom is 0.256 e. The van der Waals surface area contributed by atoms with Gasteiger partial charge in [0.25, 0.3) is 5.91 Å². The van der Waals surface area contributed by atoms with Crippen molar-refractivity contribution in [3.63, 3.8) is 0 Å². The Labute approximate surface area is 129 Å². The second kappa shape index (κ2) is 5.95. The maximum atomic E-state index is 12.2. The highest BCUT2D eigenvalue weighted by molar-refractivity contribution is 9.10. The zero-order chi connectivity index (χ0) is 14.0. The molecule has 2 aromatic rings. The van der Waals surface area contributed by atoms with Crippen molar-refractivity contribution in [1.82, 2.24) is 0 Å². The van der Waals surface area contributed by atoms with Crippen molar-refractivity contribution in [2.75, 3.05) is 5.32 Å². The minimum atomic E-state index is -0.219. The molecule has 0 aliphatic rings. The summed E-state index contributed by atoms with van der Waals surface area (Å²) >= 11 is 15.3. The molecule has 0 aliphatic heterocycles. The Morgan fingerprint density at radius 1 is 1.21 bits per heavy atom. The van der Waals surface area contributed by atoms with Gasteiger partial charge in [-0.15, -0.1) is 0 Å². The summed E-state index contributed by atoms with van der Waals surface area (Å²) in [6.07, 6.45) is 0. The SMILES string of the molecule is Cc1c(Cl)cccc1C(=O)Nc1cc(Cl)ccc1Br. The fourth-order valence-electron chi connectivity index (χ4n) is 1.64. The lowest BCUT2D eigenvalue weighted by Gasteiger charge is -2.10. The molecule has 0 aromatic heterocycles. The Hall–Kier alpha value is -1.03. The van der Waals surface area contributed by atoms with Crippen molar-refractivity contribution in [3.8, 4) is 0 Å². The summed E-state index contributed by atoms with van der Waals surface area (Å²) < 4.78 is 0.768. The van der Waals surface area contributed by atoms with Crippen molar-refractivity contribution in [3.05, 3.63) is 62.0 Å². The van der Waals surface area contributed by atoms with E-state index in [1.54, 1.807) is 36.4 Å². The molecule has 0 aliphatic carbocycles. The van der Waals surface area contributed by atoms with Crippen LogP contribution in [0, 0.1) is 6.92 Å². The molecule has 19 heavy (non-hydrogen) atoms. The van der Waals surface area contributed by atoms with Gasteiger partial charge in [-0.3, -0.25) is 4.79 Å². The van der Waals surface area contributed by atoms with Crippen molar-refractivity contribution < 1.29 is 4.79 Å². The molecule has 0 bridgehead atoms. The van der Waals surface area contributed by atoms with Crippen LogP contribution < -0.4 is 5.32 Å². The molecular weight excluding hydrogens is 349 g/mol. The molecule has 0 spiro atoms. The van der Waals surface area contributed by atoms with E-state index in [0.717, 1.165) is 10.0 Å². The monoisotopic (exact) mass is 357 g/mol. The van der Waals surface area contributed by atoms with Crippen molar-refractivity contribution >= 4 is 50.7 Å². The van der Waals surface area contributed by atoms with Gasteiger partial charge in [0.2, 0.25) is 0 Å². The number of hydrogen-bond donors (Lipinski definition) is 1. The molecule has 0 heterocycles. The Kier molecular flexibility index (Phi) is 4.50. The molecule has 2 rings (SSSR count). The Bertz CT molecular complexity index is 643. The molecular formula is C14H10BrCl2NO. The van der Waals surface area contributed by atoms with Gasteiger partial charge >= 0.3 is 0 Å². The largest absolute Gasteiger partial charge is 0.321 e. The van der Waals surface area contributed by atoms with Crippen LogP contribution in [0.2, 0.25) is 10.0 Å². The predicted octanol–water partition coefficient (Wildman–Crippen LogP) is 5.32. The number of hydrogen-bond acceptors (Lipinski definition) is 1. The van der Waals surface area contributed by atoms with Gasteiger partial charge in [-0.1, -0.05) is 29.3 Å². The third-order valence-corrected chi connectivity index (χ3v) is 4.02. The summed E-state index contributed by atoms with van der Waals surface area (Å²) in [4.78, 5) is 12.2. The van der Waals surface area contributed by atoms with Crippen molar-refractivity contribution in [2.45, 2.75) is 6.92 Å². The van der Waals surface area contributed by atoms with E-state index in [-0.39, 0.29) is 5.91 Å². The smallest absolute Gasteiger partial charge is 0.256 e. The van der Waals surface area contributed by atoms with Crippen LogP contribution in [-0.2, 0) is 0 Å². The normalized spacial score (nSPS) is 10.3. The molecule has 98 valence electrons. The lowest BCUT2D eigenvalue weighted by Crippen LogP contribution is -2.13. The number of benzene rings is 2. The van der Waals surface area contributed by atoms with E-state index in [9.17, 15) is 4.79 Å². The Morgan fingerprint density at radius 2 is 1.95 bits per heavy atom. The van der Waals surface area contributed by atoms with E-state index in [1.165, 1.54) is 0 Å². The van der Waals surface area contributed by atoms with Crippen LogP contribution in [0.1, 0.15) is 15.9 Å². The summed E-state index contributed by atoms with van der Waals surface area (Å²) in [5.74, 6) is -0.219. The third kappa shape index (κ3) is 3.30. The molecule has 2 aromatic carbocycles. The molecule has 0 fully saturated rings. The first-order chi connectivity index (χ1) is 8.99. The average Bonchev–Trinajstić information content (AvgIpc) is 2.37. The highest BCUT2D eigenvalue weighted by Gasteiger charge is 2.12. The fraction of sp³-hybridized carbons (Fsp3) is 0.0714. The summed E-state index contributed by atoms with van der Waals surface area (Å²) in [6.45, 7) is 1.81. The van der Waals surface area contributed by atoms with Crippen LogP contribution in [-0.4, -0.2) is 5.91 Å². The summed E-state index contributed by atoms with van der Waals surface area (Å²) in [7, 11) is 0. The van der Waals surface area contributed by atoms with Gasteiger partial charge in [-0.2, -0.15) is 0 Å². The lowest BCUT2D eigenvalue weighted by molar-refractivity contribution is 0.102. The molecule has 0 saturated carbocycles. The number of anilines is 1. The molecule has 1 amide bonds. The molecule has 0 radical (unpaired) electrons. The van der Waals surface area contributed by atoms with Crippen molar-refractivity contribution in [2.24, 2.45) is 0 Å². The quantitative estimate of drug-likeness (QED) is 0.773. The zero-order valence-corrected chi connectivity index (χ0v) is 13.1. The second-order valence-corrected chi connectivity index (χ2v) is 5.69. The highest BCUT2D eigenvalue weighted by atomic mass is 79.9. The first-order valence-corrected chi connectivity index (χ1v) is 7.05. The van der Waals surface area contributed by atoms with Crippen LogP contribution in [0.25, 0.3) is 0 Å². The van der Waals surface area contributed by atoms with E-state index < -0.39 is 0 Å². The van der Waals surface area contributed by atoms with Gasteiger partial charge in [0, 0.05) is 20.1 Å². The van der Waals surface area contributed by atoms with E-state index in [4.69, 9.17) is 23.2 Å². The predicted molar refractivity (Wildman–Crippen MR) is 83.3 cm³/mol. The first kappa shape index (κ1) is 14.4. The van der Waals surface area contributed by atoms with Gasteiger partial charge in [-0.25, -0.2) is 0 Å². The maximum absolute atomic E-state index is 12.2. The second-order valence-electron chi connectivity index (χ2n) is 3.99. The lowest BCUT2D eigenvalue weighted by atomic mass is 10.1. The summed E-state index contributed by atoms with van der Waals surface area (Å²) in [5, 5.41) is 3.93. The molecule has 2 nitrogen and oxygen atoms in total. The summed E-state index contributed by atoms with van der Waals surface area (Å²) in [5.41, 5.74) is 1.91. The van der Waals surface area contributed by atoms with E-state index >= 15 is 0 Å². The molecule has 0 unspecified atom stereocenters. The van der Waals surface area contributed by atoms with Crippen molar-refractivity contribution in [1.29, 1.82) is 0 Å². The first-order valence-electron chi connectivity index (χ1n) is 5.50. The van der Waals surface area contributed by atoms with Gasteiger partial charge in [0.1, 0.15) is 0 Å². The highest BCUT2D eigenvalue weighted by Crippen LogP contribution is 2.27. The van der Waals surface area contributed by atoms with E-state index in [0.29, 0.717) is 21.3 Å². The molecule has 1 N–H and O–H groups in total. The Balaban J connectivity index is 2.31.